The summed E-state index contributed by atoms with van der Waals surface area (Å²) in [5.74, 6) is -0.0941. The Bertz CT molecular complexity index is 1360. The summed E-state index contributed by atoms with van der Waals surface area (Å²) < 4.78 is 0.925. The van der Waals surface area contributed by atoms with Crippen LogP contribution in [0, 0.1) is 0 Å². The van der Waals surface area contributed by atoms with Gasteiger partial charge in [0.2, 0.25) is 5.91 Å². The zero-order valence-electron chi connectivity index (χ0n) is 25.5. The highest BCUT2D eigenvalue weighted by molar-refractivity contribution is 7.19. The van der Waals surface area contributed by atoms with Crippen LogP contribution in [0.15, 0.2) is 164 Å². The maximum Gasteiger partial charge on any atom is 0.243 e. The molecule has 5 aromatic carbocycles. The summed E-state index contributed by atoms with van der Waals surface area (Å²) in [7, 11) is 4.42. The highest BCUT2D eigenvalue weighted by Gasteiger charge is 2.31. The number of hydrogen-bond donors (Lipinski definition) is 1. The molecule has 0 aliphatic heterocycles. The highest BCUT2D eigenvalue weighted by atomic mass is 16.1. The number of hydrogen-bond acceptors (Lipinski definition) is 1. The van der Waals surface area contributed by atoms with Crippen LogP contribution >= 0.6 is 0 Å². The molecule has 0 unspecified atom stereocenters. The summed E-state index contributed by atoms with van der Waals surface area (Å²) in [4.78, 5) is 11.0. The Kier molecular flexibility index (Phi) is 11.3. The number of amides is 1. The van der Waals surface area contributed by atoms with E-state index in [1.54, 1.807) is 0 Å². The van der Waals surface area contributed by atoms with Crippen molar-refractivity contribution in [2.45, 2.75) is 13.0 Å². The van der Waals surface area contributed by atoms with Crippen molar-refractivity contribution in [3.8, 4) is 0 Å². The number of carbonyl (C=O) groups excluding carboxylic acids is 1. The third-order valence-electron chi connectivity index (χ3n) is 8.08. The molecule has 3 nitrogen and oxygen atoms in total. The van der Waals surface area contributed by atoms with Gasteiger partial charge in [-0.25, -0.2) is 0 Å². The van der Waals surface area contributed by atoms with Crippen molar-refractivity contribution in [1.82, 2.24) is 5.32 Å². The van der Waals surface area contributed by atoms with Crippen LogP contribution in [0.2, 0.25) is 0 Å². The van der Waals surface area contributed by atoms with Gasteiger partial charge in [-0.3, -0.25) is 4.79 Å². The molecule has 0 radical (unpaired) electrons. The Labute approximate surface area is 258 Å². The van der Waals surface area contributed by atoms with E-state index in [2.05, 4.69) is 172 Å². The monoisotopic (exact) mass is 566 g/mol. The normalized spacial score (nSPS) is 11.1. The number of quaternary nitrogens is 1. The van der Waals surface area contributed by atoms with Gasteiger partial charge in [-0.05, 0) is 6.08 Å². The Hall–Kier alpha value is -4.67. The fourth-order valence-electron chi connectivity index (χ4n) is 6.07. The van der Waals surface area contributed by atoms with Crippen molar-refractivity contribution in [3.63, 3.8) is 0 Å². The van der Waals surface area contributed by atoms with Crippen molar-refractivity contribution in [1.29, 1.82) is 0 Å². The molecule has 0 saturated carbocycles. The van der Waals surface area contributed by atoms with E-state index in [4.69, 9.17) is 0 Å². The predicted octanol–water partition coefficient (Wildman–Crippen LogP) is 5.02. The molecule has 0 aromatic heterocycles. The molecule has 0 atom stereocenters. The van der Waals surface area contributed by atoms with Crippen LogP contribution in [0.25, 0.3) is 0 Å². The summed E-state index contributed by atoms with van der Waals surface area (Å²) in [5.41, 5.74) is 6.70. The topological polar surface area (TPSA) is 29.1 Å². The number of nitrogens with zero attached hydrogens (tertiary/aromatic N) is 1. The molecule has 0 aliphatic rings. The van der Waals surface area contributed by atoms with Crippen LogP contribution < -0.4 is 27.2 Å². The SMILES string of the molecule is C=CC(=O)NCCC[N+](C)(C)Cc1ccccc1.c1ccc([B-](c2ccccc2)(c2ccccc2)c2ccccc2)cc1. The summed E-state index contributed by atoms with van der Waals surface area (Å²) in [6.45, 7) is 6.18. The van der Waals surface area contributed by atoms with E-state index >= 15 is 0 Å². The zero-order chi connectivity index (χ0) is 30.4. The molecule has 218 valence electrons. The molecule has 43 heavy (non-hydrogen) atoms. The van der Waals surface area contributed by atoms with Crippen LogP contribution in [-0.4, -0.2) is 43.7 Å². The van der Waals surface area contributed by atoms with E-state index in [1.165, 1.54) is 33.5 Å². The molecule has 5 rings (SSSR count). The van der Waals surface area contributed by atoms with Gasteiger partial charge in [0.05, 0.1) is 20.6 Å². The van der Waals surface area contributed by atoms with Gasteiger partial charge < -0.3 is 9.80 Å². The van der Waals surface area contributed by atoms with Crippen molar-refractivity contribution in [2.24, 2.45) is 0 Å². The quantitative estimate of drug-likeness (QED) is 0.104. The predicted molar refractivity (Wildman–Crippen MR) is 185 cm³/mol. The van der Waals surface area contributed by atoms with Gasteiger partial charge in [-0.1, -0.05) is 158 Å². The van der Waals surface area contributed by atoms with Crippen molar-refractivity contribution < 1.29 is 9.28 Å². The molecule has 0 heterocycles. The second kappa shape index (κ2) is 15.5. The standard InChI is InChI=1S/C24H20B.C15H22N2O/c1-5-13-21(14-6-1)25(22-15-7-2-8-16-22,23-17-9-3-10-18-23)24-19-11-4-12-20-24;1-4-15(18)16-11-8-12-17(2,3)13-14-9-6-5-7-10-14/h1-20H;4-7,9-10H,1,8,11-13H2,2-3H3/q-1;/p+1. The van der Waals surface area contributed by atoms with Gasteiger partial charge in [-0.2, -0.15) is 21.9 Å². The largest absolute Gasteiger partial charge is 0.352 e. The first kappa shape index (κ1) is 31.3. The molecule has 0 bridgehead atoms. The Morgan fingerprint density at radius 3 is 1.33 bits per heavy atom. The Morgan fingerprint density at radius 1 is 0.628 bits per heavy atom. The molecule has 5 aromatic rings. The lowest BCUT2D eigenvalue weighted by Crippen LogP contribution is -2.74. The third kappa shape index (κ3) is 8.44. The molecular weight excluding hydrogens is 523 g/mol. The van der Waals surface area contributed by atoms with Crippen LogP contribution in [-0.2, 0) is 11.3 Å². The van der Waals surface area contributed by atoms with Crippen LogP contribution in [0.1, 0.15) is 12.0 Å². The molecule has 0 fully saturated rings. The molecular formula is C39H43BN2O. The molecule has 4 heteroatoms. The van der Waals surface area contributed by atoms with Crippen molar-refractivity contribution in [2.75, 3.05) is 27.2 Å². The van der Waals surface area contributed by atoms with E-state index in [0.717, 1.165) is 24.0 Å². The Balaban J connectivity index is 0.000000209. The van der Waals surface area contributed by atoms with Gasteiger partial charge in [0, 0.05) is 18.5 Å². The maximum absolute atomic E-state index is 11.0. The third-order valence-corrected chi connectivity index (χ3v) is 8.08. The second-order valence-electron chi connectivity index (χ2n) is 11.7. The van der Waals surface area contributed by atoms with E-state index in [1.807, 2.05) is 6.07 Å². The van der Waals surface area contributed by atoms with Gasteiger partial charge in [0.25, 0.3) is 0 Å². The van der Waals surface area contributed by atoms with Crippen LogP contribution in [0.3, 0.4) is 0 Å². The second-order valence-corrected chi connectivity index (χ2v) is 11.7. The van der Waals surface area contributed by atoms with E-state index in [-0.39, 0.29) is 5.91 Å². The smallest absolute Gasteiger partial charge is 0.243 e. The average molecular weight is 567 g/mol. The minimum Gasteiger partial charge on any atom is -0.352 e. The summed E-state index contributed by atoms with van der Waals surface area (Å²) in [5, 5.41) is 2.80. The summed E-state index contributed by atoms with van der Waals surface area (Å²) in [6, 6.07) is 54.0. The first-order chi connectivity index (χ1) is 21.0. The van der Waals surface area contributed by atoms with Crippen molar-refractivity contribution in [3.05, 3.63) is 170 Å². The van der Waals surface area contributed by atoms with Gasteiger partial charge >= 0.3 is 0 Å². The molecule has 0 spiro atoms. The van der Waals surface area contributed by atoms with E-state index < -0.39 is 6.15 Å². The van der Waals surface area contributed by atoms with Gasteiger partial charge in [0.1, 0.15) is 12.7 Å². The first-order valence-corrected chi connectivity index (χ1v) is 15.1. The lowest BCUT2D eigenvalue weighted by atomic mass is 9.13. The average Bonchev–Trinajstić information content (AvgIpc) is 3.06. The van der Waals surface area contributed by atoms with Gasteiger partial charge in [0.15, 0.2) is 0 Å². The number of benzene rings is 5. The first-order valence-electron chi connectivity index (χ1n) is 15.1. The fourth-order valence-corrected chi connectivity index (χ4v) is 6.07. The fraction of sp³-hybridized carbons (Fsp3) is 0.154. The minimum absolute atomic E-state index is 0.0941. The molecule has 0 aliphatic carbocycles. The Morgan fingerprint density at radius 2 is 0.977 bits per heavy atom. The highest BCUT2D eigenvalue weighted by Crippen LogP contribution is 2.10. The molecule has 0 saturated heterocycles. The van der Waals surface area contributed by atoms with E-state index in [0.29, 0.717) is 6.54 Å². The maximum atomic E-state index is 11.0. The minimum atomic E-state index is -1.22. The lowest BCUT2D eigenvalue weighted by Gasteiger charge is -2.44. The summed E-state index contributed by atoms with van der Waals surface area (Å²) >= 11 is 0. The zero-order valence-corrected chi connectivity index (χ0v) is 25.5. The molecule has 1 amide bonds. The van der Waals surface area contributed by atoms with Crippen LogP contribution in [0.4, 0.5) is 0 Å². The van der Waals surface area contributed by atoms with E-state index in [9.17, 15) is 4.79 Å². The van der Waals surface area contributed by atoms with Crippen molar-refractivity contribution >= 4 is 33.9 Å². The van der Waals surface area contributed by atoms with Crippen LogP contribution in [0.5, 0.6) is 0 Å². The lowest BCUT2D eigenvalue weighted by molar-refractivity contribution is -0.903. The summed E-state index contributed by atoms with van der Waals surface area (Å²) in [6.07, 6.45) is 1.07. The number of rotatable bonds is 11. The number of nitrogens with one attached hydrogen (secondary N) is 1. The molecule has 1 N–H and O–H groups in total. The number of carbonyl (C=O) groups is 1. The van der Waals surface area contributed by atoms with Gasteiger partial charge in [-0.15, -0.1) is 0 Å².